The fraction of sp³-hybridized carbons (Fsp3) is 0.444. The molecule has 4 rings (SSSR count). The maximum absolute atomic E-state index is 12.7. The molecular formula is C18H20N4O4. The Morgan fingerprint density at radius 1 is 1.15 bits per heavy atom. The summed E-state index contributed by atoms with van der Waals surface area (Å²) < 4.78 is 2.99. The first-order valence-electron chi connectivity index (χ1n) is 8.74. The summed E-state index contributed by atoms with van der Waals surface area (Å²) in [6.45, 7) is 1.48. The van der Waals surface area contributed by atoms with Crippen molar-refractivity contribution in [3.63, 3.8) is 0 Å². The van der Waals surface area contributed by atoms with Crippen LogP contribution in [0.5, 0.6) is 0 Å². The smallest absolute Gasteiger partial charge is 0.329 e. The summed E-state index contributed by atoms with van der Waals surface area (Å²) in [4.78, 5) is 49.5. The number of imide groups is 1. The quantitative estimate of drug-likeness (QED) is 0.632. The number of aromatic nitrogens is 2. The molecule has 1 aromatic carbocycles. The van der Waals surface area contributed by atoms with E-state index in [9.17, 15) is 19.2 Å². The van der Waals surface area contributed by atoms with E-state index < -0.39 is 11.9 Å². The largest absolute Gasteiger partial charge is 0.371 e. The van der Waals surface area contributed by atoms with Gasteiger partial charge in [0.05, 0.1) is 11.0 Å². The van der Waals surface area contributed by atoms with E-state index in [0.29, 0.717) is 18.5 Å². The predicted molar refractivity (Wildman–Crippen MR) is 95.0 cm³/mol. The lowest BCUT2D eigenvalue weighted by Gasteiger charge is -2.22. The summed E-state index contributed by atoms with van der Waals surface area (Å²) in [6.07, 6.45) is 2.36. The van der Waals surface area contributed by atoms with Gasteiger partial charge in [-0.25, -0.2) is 4.79 Å². The molecule has 2 saturated heterocycles. The number of fused-ring (bicyclic) bond motifs is 1. The van der Waals surface area contributed by atoms with Gasteiger partial charge in [-0.15, -0.1) is 0 Å². The van der Waals surface area contributed by atoms with Crippen molar-refractivity contribution in [3.05, 3.63) is 28.7 Å². The van der Waals surface area contributed by atoms with Gasteiger partial charge in [0.2, 0.25) is 11.8 Å². The lowest BCUT2D eigenvalue weighted by atomic mass is 10.1. The summed E-state index contributed by atoms with van der Waals surface area (Å²) in [7, 11) is 1.68. The Morgan fingerprint density at radius 2 is 1.96 bits per heavy atom. The number of hydrogen-bond acceptors (Lipinski definition) is 5. The monoisotopic (exact) mass is 356 g/mol. The Kier molecular flexibility index (Phi) is 3.90. The molecule has 0 bridgehead atoms. The first-order chi connectivity index (χ1) is 12.5. The van der Waals surface area contributed by atoms with E-state index in [-0.39, 0.29) is 23.9 Å². The van der Waals surface area contributed by atoms with Crippen molar-refractivity contribution < 1.29 is 14.4 Å². The van der Waals surface area contributed by atoms with Crippen molar-refractivity contribution in [1.29, 1.82) is 0 Å². The molecule has 8 nitrogen and oxygen atoms in total. The van der Waals surface area contributed by atoms with Crippen LogP contribution in [0.25, 0.3) is 11.0 Å². The van der Waals surface area contributed by atoms with E-state index in [4.69, 9.17) is 0 Å². The van der Waals surface area contributed by atoms with Crippen molar-refractivity contribution in [2.45, 2.75) is 25.3 Å². The molecule has 0 aliphatic carbocycles. The maximum atomic E-state index is 12.7. The highest BCUT2D eigenvalue weighted by Gasteiger charge is 2.31. The molecule has 2 amide bonds. The highest BCUT2D eigenvalue weighted by molar-refractivity contribution is 6.00. The standard InChI is InChI=1S/C18H20N4O4/c1-20-15-8-12(21-7-6-11(9-21)10-23)2-3-13(15)22(18(20)26)14-4-5-16(24)19-17(14)25/h2-3,8,10-11,14H,4-7,9H2,1H3,(H,19,24,25). The summed E-state index contributed by atoms with van der Waals surface area (Å²) in [5.74, 6) is -0.698. The van der Waals surface area contributed by atoms with Gasteiger partial charge in [-0.05, 0) is 31.0 Å². The van der Waals surface area contributed by atoms with Gasteiger partial charge in [0.1, 0.15) is 12.3 Å². The molecule has 2 aromatic rings. The fourth-order valence-electron chi connectivity index (χ4n) is 3.91. The number of piperidine rings is 1. The highest BCUT2D eigenvalue weighted by Crippen LogP contribution is 2.28. The van der Waals surface area contributed by atoms with Crippen LogP contribution in [0.2, 0.25) is 0 Å². The number of aldehydes is 1. The molecule has 2 aliphatic heterocycles. The Hall–Kier alpha value is -2.90. The van der Waals surface area contributed by atoms with Gasteiger partial charge in [0.15, 0.2) is 0 Å². The third kappa shape index (κ3) is 2.53. The molecule has 2 unspecified atom stereocenters. The van der Waals surface area contributed by atoms with Gasteiger partial charge in [-0.1, -0.05) is 0 Å². The summed E-state index contributed by atoms with van der Waals surface area (Å²) >= 11 is 0. The Bertz CT molecular complexity index is 973. The second-order valence-corrected chi connectivity index (χ2v) is 6.98. The maximum Gasteiger partial charge on any atom is 0.329 e. The number of aryl methyl sites for hydroxylation is 1. The van der Waals surface area contributed by atoms with Crippen LogP contribution >= 0.6 is 0 Å². The molecule has 2 atom stereocenters. The van der Waals surface area contributed by atoms with E-state index in [1.54, 1.807) is 7.05 Å². The van der Waals surface area contributed by atoms with Crippen molar-refractivity contribution in [2.24, 2.45) is 13.0 Å². The normalized spacial score (nSPS) is 23.5. The Labute approximate surface area is 149 Å². The minimum atomic E-state index is -0.680. The van der Waals surface area contributed by atoms with Crippen LogP contribution in [0, 0.1) is 5.92 Å². The van der Waals surface area contributed by atoms with E-state index in [2.05, 4.69) is 10.2 Å². The van der Waals surface area contributed by atoms with Crippen molar-refractivity contribution in [2.75, 3.05) is 18.0 Å². The third-order valence-corrected chi connectivity index (χ3v) is 5.38. The van der Waals surface area contributed by atoms with Crippen molar-refractivity contribution in [3.8, 4) is 0 Å². The van der Waals surface area contributed by atoms with Gasteiger partial charge < -0.3 is 9.69 Å². The lowest BCUT2D eigenvalue weighted by molar-refractivity contribution is -0.135. The Morgan fingerprint density at radius 3 is 2.65 bits per heavy atom. The number of benzene rings is 1. The van der Waals surface area contributed by atoms with Gasteiger partial charge >= 0.3 is 5.69 Å². The van der Waals surface area contributed by atoms with Crippen LogP contribution in [0.4, 0.5) is 5.69 Å². The number of anilines is 1. The van der Waals surface area contributed by atoms with Crippen LogP contribution < -0.4 is 15.9 Å². The van der Waals surface area contributed by atoms with Gasteiger partial charge in [0, 0.05) is 38.2 Å². The van der Waals surface area contributed by atoms with E-state index in [0.717, 1.165) is 30.5 Å². The van der Waals surface area contributed by atoms with Crippen LogP contribution in [0.15, 0.2) is 23.0 Å². The number of carbonyl (C=O) groups excluding carboxylic acids is 3. The molecule has 1 aromatic heterocycles. The summed E-state index contributed by atoms with van der Waals surface area (Å²) in [5, 5.41) is 2.31. The molecular weight excluding hydrogens is 336 g/mol. The fourth-order valence-corrected chi connectivity index (χ4v) is 3.91. The first kappa shape index (κ1) is 16.6. The molecule has 0 saturated carbocycles. The lowest BCUT2D eigenvalue weighted by Crippen LogP contribution is -2.44. The van der Waals surface area contributed by atoms with E-state index in [1.807, 2.05) is 18.2 Å². The second kappa shape index (κ2) is 6.12. The average molecular weight is 356 g/mol. The number of amides is 2. The summed E-state index contributed by atoms with van der Waals surface area (Å²) in [5.41, 5.74) is 2.07. The number of nitrogens with zero attached hydrogens (tertiary/aromatic N) is 3. The predicted octanol–water partition coefficient (Wildman–Crippen LogP) is 0.343. The topological polar surface area (TPSA) is 93.4 Å². The molecule has 0 radical (unpaired) electrons. The minimum Gasteiger partial charge on any atom is -0.371 e. The molecule has 136 valence electrons. The zero-order valence-corrected chi connectivity index (χ0v) is 14.5. The molecule has 3 heterocycles. The molecule has 2 fully saturated rings. The number of imidazole rings is 1. The zero-order valence-electron chi connectivity index (χ0n) is 14.5. The minimum absolute atomic E-state index is 0.0441. The number of carbonyl (C=O) groups is 3. The third-order valence-electron chi connectivity index (χ3n) is 5.38. The molecule has 26 heavy (non-hydrogen) atoms. The molecule has 1 N–H and O–H groups in total. The highest BCUT2D eigenvalue weighted by atomic mass is 16.2. The summed E-state index contributed by atoms with van der Waals surface area (Å²) in [6, 6.07) is 4.99. The molecule has 0 spiro atoms. The van der Waals surface area contributed by atoms with Crippen LogP contribution in [0.1, 0.15) is 25.3 Å². The van der Waals surface area contributed by atoms with E-state index in [1.165, 1.54) is 9.13 Å². The molecule has 2 aliphatic rings. The average Bonchev–Trinajstić information content (AvgIpc) is 3.20. The van der Waals surface area contributed by atoms with Crippen molar-refractivity contribution >= 4 is 34.8 Å². The zero-order chi connectivity index (χ0) is 18.4. The van der Waals surface area contributed by atoms with E-state index >= 15 is 0 Å². The number of hydrogen-bond donors (Lipinski definition) is 1. The Balaban J connectivity index is 1.76. The second-order valence-electron chi connectivity index (χ2n) is 6.98. The van der Waals surface area contributed by atoms with Gasteiger partial charge in [0.25, 0.3) is 0 Å². The van der Waals surface area contributed by atoms with Crippen LogP contribution in [-0.4, -0.2) is 40.3 Å². The van der Waals surface area contributed by atoms with Crippen LogP contribution in [-0.2, 0) is 21.4 Å². The molecule has 8 heteroatoms. The van der Waals surface area contributed by atoms with Gasteiger partial charge in [-0.2, -0.15) is 0 Å². The van der Waals surface area contributed by atoms with Gasteiger partial charge in [-0.3, -0.25) is 24.0 Å². The van der Waals surface area contributed by atoms with Crippen molar-refractivity contribution in [1.82, 2.24) is 14.5 Å². The SMILES string of the molecule is Cn1c(=O)n(C2CCC(=O)NC2=O)c2ccc(N3CCC(C=O)C3)cc21. The van der Waals surface area contributed by atoms with Crippen LogP contribution in [0.3, 0.4) is 0 Å². The number of nitrogens with one attached hydrogen (secondary N) is 1. The first-order valence-corrected chi connectivity index (χ1v) is 8.74. The number of rotatable bonds is 3.